The number of benzene rings is 1. The molecule has 1 aliphatic carbocycles. The van der Waals surface area contributed by atoms with E-state index in [4.69, 9.17) is 23.7 Å². The third-order valence-corrected chi connectivity index (χ3v) is 4.78. The summed E-state index contributed by atoms with van der Waals surface area (Å²) in [6.45, 7) is 3.59. The van der Waals surface area contributed by atoms with Gasteiger partial charge in [0.15, 0.2) is 6.10 Å². The van der Waals surface area contributed by atoms with E-state index >= 15 is 0 Å². The van der Waals surface area contributed by atoms with Crippen molar-refractivity contribution in [3.63, 3.8) is 0 Å². The molecule has 0 amide bonds. The van der Waals surface area contributed by atoms with Crippen LogP contribution < -0.4 is 0 Å². The molecule has 1 spiro atoms. The molecule has 9 nitrogen and oxygen atoms in total. The van der Waals surface area contributed by atoms with Crippen molar-refractivity contribution in [2.45, 2.75) is 51.3 Å². The van der Waals surface area contributed by atoms with E-state index in [0.717, 1.165) is 0 Å². The molecule has 0 N–H and O–H groups in total. The quantitative estimate of drug-likeness (QED) is 0.510. The normalized spacial score (nSPS) is 29.8. The molecule has 0 aromatic heterocycles. The van der Waals surface area contributed by atoms with Crippen LogP contribution in [0.4, 0.5) is 0 Å². The van der Waals surface area contributed by atoms with Crippen molar-refractivity contribution in [2.24, 2.45) is 5.92 Å². The van der Waals surface area contributed by atoms with E-state index in [1.54, 1.807) is 30.3 Å². The van der Waals surface area contributed by atoms with Gasteiger partial charge in [0.2, 0.25) is 12.4 Å². The van der Waals surface area contributed by atoms with E-state index in [2.05, 4.69) is 0 Å². The van der Waals surface area contributed by atoms with E-state index in [9.17, 15) is 19.2 Å². The molecule has 1 heterocycles. The predicted molar refractivity (Wildman–Crippen MR) is 95.3 cm³/mol. The first-order chi connectivity index (χ1) is 13.7. The van der Waals surface area contributed by atoms with Crippen molar-refractivity contribution in [3.8, 4) is 0 Å². The minimum Gasteiger partial charge on any atom is -0.462 e. The van der Waals surface area contributed by atoms with Crippen LogP contribution in [0.5, 0.6) is 0 Å². The molecule has 1 saturated heterocycles. The van der Waals surface area contributed by atoms with Crippen molar-refractivity contribution >= 4 is 23.9 Å². The fourth-order valence-corrected chi connectivity index (χ4v) is 3.53. The zero-order valence-electron chi connectivity index (χ0n) is 16.3. The van der Waals surface area contributed by atoms with Crippen LogP contribution in [0, 0.1) is 5.92 Å². The van der Waals surface area contributed by atoms with Gasteiger partial charge in [0.05, 0.1) is 12.2 Å². The van der Waals surface area contributed by atoms with Crippen LogP contribution in [0.25, 0.3) is 0 Å². The van der Waals surface area contributed by atoms with Gasteiger partial charge in [-0.05, 0) is 18.6 Å². The first-order valence-electron chi connectivity index (χ1n) is 9.14. The van der Waals surface area contributed by atoms with Gasteiger partial charge in [-0.25, -0.2) is 4.79 Å². The Balaban J connectivity index is 1.73. The molecule has 1 aliphatic heterocycles. The van der Waals surface area contributed by atoms with Gasteiger partial charge in [-0.2, -0.15) is 0 Å². The van der Waals surface area contributed by atoms with Crippen LogP contribution in [0.3, 0.4) is 0 Å². The Morgan fingerprint density at radius 3 is 2.17 bits per heavy atom. The first-order valence-corrected chi connectivity index (χ1v) is 9.14. The summed E-state index contributed by atoms with van der Waals surface area (Å²) >= 11 is 0. The number of ether oxygens (including phenoxy) is 5. The number of esters is 4. The molecule has 2 aliphatic rings. The number of rotatable bonds is 6. The average Bonchev–Trinajstić information content (AvgIpc) is 3.28. The third kappa shape index (κ3) is 4.56. The molecule has 1 aromatic carbocycles. The van der Waals surface area contributed by atoms with Crippen molar-refractivity contribution in [3.05, 3.63) is 35.9 Å². The van der Waals surface area contributed by atoms with Crippen LogP contribution in [-0.4, -0.2) is 54.6 Å². The maximum atomic E-state index is 12.2. The maximum absolute atomic E-state index is 12.2. The summed E-state index contributed by atoms with van der Waals surface area (Å²) in [5.41, 5.74) is -0.662. The first kappa shape index (κ1) is 20.8. The highest BCUT2D eigenvalue weighted by Crippen LogP contribution is 2.57. The summed E-state index contributed by atoms with van der Waals surface area (Å²) in [6.07, 6.45) is -2.96. The molecule has 29 heavy (non-hydrogen) atoms. The molecular weight excluding hydrogens is 384 g/mol. The molecule has 156 valence electrons. The average molecular weight is 406 g/mol. The van der Waals surface area contributed by atoms with Gasteiger partial charge in [-0.3, -0.25) is 14.4 Å². The molecule has 5 atom stereocenters. The van der Waals surface area contributed by atoms with Gasteiger partial charge in [-0.1, -0.05) is 18.2 Å². The fourth-order valence-electron chi connectivity index (χ4n) is 3.53. The fraction of sp³-hybridized carbons (Fsp3) is 0.500. The summed E-state index contributed by atoms with van der Waals surface area (Å²) in [5, 5.41) is 0. The highest BCUT2D eigenvalue weighted by molar-refractivity contribution is 5.89. The van der Waals surface area contributed by atoms with Crippen molar-refractivity contribution in [1.82, 2.24) is 0 Å². The standard InChI is InChI=1S/C20H22O9/c1-11(21)26-16-17(27-12(2)22)20(29-19(16)28-13(3)23)9-15(20)10-25-18(24)14-7-5-4-6-8-14/h4-8,15-17,19H,9-10H2,1-3H3/t15-,16-,17?,19-,20-/m0/s1. The minimum atomic E-state index is -1.23. The highest BCUT2D eigenvalue weighted by Gasteiger charge is 2.73. The Morgan fingerprint density at radius 2 is 1.59 bits per heavy atom. The lowest BCUT2D eigenvalue weighted by atomic mass is 10.1. The highest BCUT2D eigenvalue weighted by atomic mass is 16.8. The second-order valence-electron chi connectivity index (χ2n) is 7.02. The number of carbonyl (C=O) groups excluding carboxylic acids is 4. The van der Waals surface area contributed by atoms with E-state index in [-0.39, 0.29) is 12.5 Å². The molecule has 0 radical (unpaired) electrons. The van der Waals surface area contributed by atoms with Gasteiger partial charge in [0.1, 0.15) is 5.60 Å². The Hall–Kier alpha value is -2.94. The van der Waals surface area contributed by atoms with Gasteiger partial charge >= 0.3 is 23.9 Å². The summed E-state index contributed by atoms with van der Waals surface area (Å²) in [7, 11) is 0. The lowest BCUT2D eigenvalue weighted by molar-refractivity contribution is -0.197. The van der Waals surface area contributed by atoms with Crippen LogP contribution in [0.2, 0.25) is 0 Å². The lowest BCUT2D eigenvalue weighted by Gasteiger charge is -2.23. The summed E-state index contributed by atoms with van der Waals surface area (Å²) in [4.78, 5) is 46.7. The van der Waals surface area contributed by atoms with Crippen molar-refractivity contribution in [1.29, 1.82) is 0 Å². The molecule has 3 rings (SSSR count). The summed E-state index contributed by atoms with van der Waals surface area (Å²) < 4.78 is 26.9. The van der Waals surface area contributed by atoms with E-state index < -0.39 is 48.0 Å². The Bertz CT molecular complexity index is 805. The van der Waals surface area contributed by atoms with Crippen LogP contribution >= 0.6 is 0 Å². The number of carbonyl (C=O) groups is 4. The van der Waals surface area contributed by atoms with E-state index in [1.807, 2.05) is 0 Å². The van der Waals surface area contributed by atoms with Crippen LogP contribution in [0.15, 0.2) is 30.3 Å². The minimum absolute atomic E-state index is 0.00503. The number of hydrogen-bond donors (Lipinski definition) is 0. The van der Waals surface area contributed by atoms with Crippen molar-refractivity contribution < 1.29 is 42.9 Å². The molecule has 0 bridgehead atoms. The molecular formula is C20H22O9. The molecule has 1 saturated carbocycles. The van der Waals surface area contributed by atoms with Gasteiger partial charge in [-0.15, -0.1) is 0 Å². The monoisotopic (exact) mass is 406 g/mol. The Kier molecular flexibility index (Phi) is 5.88. The SMILES string of the molecule is CC(=O)OC1[C@H](OC(C)=O)[C@@H](OC(C)=O)O[C@]12C[C@H]2COC(=O)c1ccccc1. The summed E-state index contributed by atoms with van der Waals surface area (Å²) in [6, 6.07) is 8.49. The summed E-state index contributed by atoms with van der Waals surface area (Å²) in [5.74, 6) is -2.71. The van der Waals surface area contributed by atoms with Gasteiger partial charge < -0.3 is 23.7 Å². The number of hydrogen-bond acceptors (Lipinski definition) is 9. The molecule has 1 aromatic rings. The van der Waals surface area contributed by atoms with E-state index in [1.165, 1.54) is 20.8 Å². The Morgan fingerprint density at radius 1 is 0.966 bits per heavy atom. The molecule has 2 fully saturated rings. The van der Waals surface area contributed by atoms with Crippen LogP contribution in [0.1, 0.15) is 37.6 Å². The van der Waals surface area contributed by atoms with E-state index in [0.29, 0.717) is 12.0 Å². The zero-order valence-corrected chi connectivity index (χ0v) is 16.3. The lowest BCUT2D eigenvalue weighted by Crippen LogP contribution is -2.42. The zero-order chi connectivity index (χ0) is 21.2. The van der Waals surface area contributed by atoms with Crippen LogP contribution in [-0.2, 0) is 38.1 Å². The molecule has 1 unspecified atom stereocenters. The second kappa shape index (κ2) is 8.20. The predicted octanol–water partition coefficient (Wildman–Crippen LogP) is 1.38. The topological polar surface area (TPSA) is 114 Å². The van der Waals surface area contributed by atoms with Gasteiger partial charge in [0, 0.05) is 26.7 Å². The molecule has 9 heteroatoms. The van der Waals surface area contributed by atoms with Gasteiger partial charge in [0.25, 0.3) is 0 Å². The van der Waals surface area contributed by atoms with Crippen molar-refractivity contribution in [2.75, 3.05) is 6.61 Å². The largest absolute Gasteiger partial charge is 0.462 e. The Labute approximate surface area is 167 Å². The third-order valence-electron chi connectivity index (χ3n) is 4.78. The smallest absolute Gasteiger partial charge is 0.338 e. The second-order valence-corrected chi connectivity index (χ2v) is 7.02. The maximum Gasteiger partial charge on any atom is 0.338 e.